The van der Waals surface area contributed by atoms with Crippen LogP contribution in [0.3, 0.4) is 0 Å². The summed E-state index contributed by atoms with van der Waals surface area (Å²) in [5, 5.41) is 6.42. The van der Waals surface area contributed by atoms with Gasteiger partial charge >= 0.3 is 0 Å². The summed E-state index contributed by atoms with van der Waals surface area (Å²) in [4.78, 5) is 12.2. The molecule has 0 heterocycles. The van der Waals surface area contributed by atoms with Crippen molar-refractivity contribution in [3.8, 4) is 0 Å². The molecule has 0 bridgehead atoms. The van der Waals surface area contributed by atoms with E-state index in [2.05, 4.69) is 16.7 Å². The minimum absolute atomic E-state index is 0.231. The minimum Gasteiger partial charge on any atom is -0.322 e. The lowest BCUT2D eigenvalue weighted by atomic mass is 10.1. The molecule has 0 aromatic heterocycles. The second-order valence-electron chi connectivity index (χ2n) is 6.02. The van der Waals surface area contributed by atoms with E-state index in [4.69, 9.17) is 0 Å². The van der Waals surface area contributed by atoms with Crippen LogP contribution in [0.25, 0.3) is 0 Å². The Morgan fingerprint density at radius 3 is 2.57 bits per heavy atom. The number of hydrogen-bond acceptors (Lipinski definition) is 2. The molecule has 2 aromatic rings. The van der Waals surface area contributed by atoms with Crippen LogP contribution in [0.5, 0.6) is 0 Å². The summed E-state index contributed by atoms with van der Waals surface area (Å²) in [6, 6.07) is 14.0. The Labute approximate surface area is 135 Å². The zero-order valence-corrected chi connectivity index (χ0v) is 13.0. The van der Waals surface area contributed by atoms with Crippen LogP contribution in [0.15, 0.2) is 48.5 Å². The first-order chi connectivity index (χ1) is 11.2. The molecule has 0 atom stereocenters. The van der Waals surface area contributed by atoms with Crippen LogP contribution in [-0.4, -0.2) is 11.9 Å². The van der Waals surface area contributed by atoms with Gasteiger partial charge in [-0.1, -0.05) is 25.0 Å². The molecular weight excluding hydrogens is 291 g/mol. The Morgan fingerprint density at radius 1 is 1.09 bits per heavy atom. The Hall–Kier alpha value is -2.20. The van der Waals surface area contributed by atoms with E-state index in [9.17, 15) is 9.18 Å². The molecule has 1 fully saturated rings. The lowest BCUT2D eigenvalue weighted by Gasteiger charge is -2.13. The van der Waals surface area contributed by atoms with E-state index in [0.29, 0.717) is 11.6 Å². The van der Waals surface area contributed by atoms with Crippen molar-refractivity contribution >= 4 is 11.6 Å². The number of hydrogen-bond donors (Lipinski definition) is 2. The van der Waals surface area contributed by atoms with Gasteiger partial charge in [-0.2, -0.15) is 0 Å². The summed E-state index contributed by atoms with van der Waals surface area (Å²) < 4.78 is 12.9. The summed E-state index contributed by atoms with van der Waals surface area (Å²) in [5.41, 5.74) is 2.35. The number of halogens is 1. The van der Waals surface area contributed by atoms with E-state index in [0.717, 1.165) is 17.8 Å². The van der Waals surface area contributed by atoms with E-state index in [1.165, 1.54) is 49.9 Å². The molecule has 0 unspecified atom stereocenters. The van der Waals surface area contributed by atoms with Crippen molar-refractivity contribution in [1.82, 2.24) is 5.32 Å². The summed E-state index contributed by atoms with van der Waals surface area (Å²) in [7, 11) is 0. The topological polar surface area (TPSA) is 41.1 Å². The van der Waals surface area contributed by atoms with Crippen LogP contribution in [-0.2, 0) is 6.54 Å². The molecule has 0 spiro atoms. The molecule has 23 heavy (non-hydrogen) atoms. The predicted octanol–water partition coefficient (Wildman–Crippen LogP) is 4.11. The quantitative estimate of drug-likeness (QED) is 0.872. The number of carbonyl (C=O) groups is 1. The van der Waals surface area contributed by atoms with E-state index < -0.39 is 0 Å². The molecule has 3 rings (SSSR count). The fraction of sp³-hybridized carbons (Fsp3) is 0.316. The smallest absolute Gasteiger partial charge is 0.255 e. The second kappa shape index (κ2) is 7.38. The first-order valence-electron chi connectivity index (χ1n) is 8.10. The van der Waals surface area contributed by atoms with Gasteiger partial charge in [-0.3, -0.25) is 4.79 Å². The standard InChI is InChI=1S/C19H21FN2O/c20-16-10-8-15(9-11-16)19(23)22-18-7-3-4-14(12-18)13-21-17-5-1-2-6-17/h3-4,7-12,17,21H,1-2,5-6,13H2,(H,22,23). The van der Waals surface area contributed by atoms with Gasteiger partial charge in [0.25, 0.3) is 5.91 Å². The fourth-order valence-electron chi connectivity index (χ4n) is 2.96. The number of amides is 1. The highest BCUT2D eigenvalue weighted by atomic mass is 19.1. The SMILES string of the molecule is O=C(Nc1cccc(CNC2CCCC2)c1)c1ccc(F)cc1. The molecule has 2 aromatic carbocycles. The largest absolute Gasteiger partial charge is 0.322 e. The summed E-state index contributed by atoms with van der Waals surface area (Å²) in [5.74, 6) is -0.576. The molecule has 0 saturated heterocycles. The molecule has 0 aliphatic heterocycles. The molecule has 1 saturated carbocycles. The third kappa shape index (κ3) is 4.39. The maximum Gasteiger partial charge on any atom is 0.255 e. The first-order valence-corrected chi connectivity index (χ1v) is 8.10. The van der Waals surface area contributed by atoms with Crippen LogP contribution >= 0.6 is 0 Å². The maximum absolute atomic E-state index is 12.9. The maximum atomic E-state index is 12.9. The van der Waals surface area contributed by atoms with E-state index in [-0.39, 0.29) is 11.7 Å². The fourth-order valence-corrected chi connectivity index (χ4v) is 2.96. The van der Waals surface area contributed by atoms with Gasteiger partial charge in [0.05, 0.1) is 0 Å². The lowest BCUT2D eigenvalue weighted by Crippen LogP contribution is -2.25. The third-order valence-electron chi connectivity index (χ3n) is 4.24. The van der Waals surface area contributed by atoms with E-state index in [1.807, 2.05) is 18.2 Å². The normalized spacial score (nSPS) is 14.8. The molecule has 1 aliphatic carbocycles. The van der Waals surface area contributed by atoms with Crippen molar-refractivity contribution < 1.29 is 9.18 Å². The highest BCUT2D eigenvalue weighted by Gasteiger charge is 2.14. The van der Waals surface area contributed by atoms with Crippen LogP contribution in [0.4, 0.5) is 10.1 Å². The molecule has 0 radical (unpaired) electrons. The molecule has 4 heteroatoms. The Kier molecular flexibility index (Phi) is 5.03. The average molecular weight is 312 g/mol. The zero-order chi connectivity index (χ0) is 16.1. The highest BCUT2D eigenvalue weighted by molar-refractivity contribution is 6.04. The van der Waals surface area contributed by atoms with Crippen molar-refractivity contribution in [3.05, 3.63) is 65.5 Å². The molecule has 2 N–H and O–H groups in total. The second-order valence-corrected chi connectivity index (χ2v) is 6.02. The van der Waals surface area contributed by atoms with Crippen LogP contribution in [0.2, 0.25) is 0 Å². The Balaban J connectivity index is 1.60. The lowest BCUT2D eigenvalue weighted by molar-refractivity contribution is 0.102. The molecule has 1 aliphatic rings. The van der Waals surface area contributed by atoms with Crippen molar-refractivity contribution in [1.29, 1.82) is 0 Å². The minimum atomic E-state index is -0.346. The zero-order valence-electron chi connectivity index (χ0n) is 13.0. The summed E-state index contributed by atoms with van der Waals surface area (Å²) in [6.07, 6.45) is 5.12. The number of rotatable bonds is 5. The van der Waals surface area contributed by atoms with Crippen LogP contribution in [0.1, 0.15) is 41.6 Å². The van der Waals surface area contributed by atoms with Gasteiger partial charge in [0, 0.05) is 23.8 Å². The van der Waals surface area contributed by atoms with Crippen molar-refractivity contribution in [3.63, 3.8) is 0 Å². The van der Waals surface area contributed by atoms with Gasteiger partial charge in [0.2, 0.25) is 0 Å². The van der Waals surface area contributed by atoms with Gasteiger partial charge in [0.1, 0.15) is 5.82 Å². The molecule has 3 nitrogen and oxygen atoms in total. The highest BCUT2D eigenvalue weighted by Crippen LogP contribution is 2.19. The van der Waals surface area contributed by atoms with Crippen LogP contribution in [0, 0.1) is 5.82 Å². The van der Waals surface area contributed by atoms with Crippen LogP contribution < -0.4 is 10.6 Å². The van der Waals surface area contributed by atoms with Gasteiger partial charge in [0.15, 0.2) is 0 Å². The third-order valence-corrected chi connectivity index (χ3v) is 4.24. The first kappa shape index (κ1) is 15.7. The van der Waals surface area contributed by atoms with Gasteiger partial charge < -0.3 is 10.6 Å². The van der Waals surface area contributed by atoms with Crippen molar-refractivity contribution in [2.45, 2.75) is 38.3 Å². The van der Waals surface area contributed by atoms with Gasteiger partial charge in [-0.15, -0.1) is 0 Å². The number of anilines is 1. The average Bonchev–Trinajstić information content (AvgIpc) is 3.07. The summed E-state index contributed by atoms with van der Waals surface area (Å²) >= 11 is 0. The van der Waals surface area contributed by atoms with Crippen molar-refractivity contribution in [2.75, 3.05) is 5.32 Å². The predicted molar refractivity (Wildman–Crippen MR) is 89.9 cm³/mol. The Morgan fingerprint density at radius 2 is 1.83 bits per heavy atom. The monoisotopic (exact) mass is 312 g/mol. The van der Waals surface area contributed by atoms with Crippen molar-refractivity contribution in [2.24, 2.45) is 0 Å². The molecular formula is C19H21FN2O. The molecule has 120 valence electrons. The van der Waals surface area contributed by atoms with E-state index in [1.54, 1.807) is 0 Å². The number of carbonyl (C=O) groups excluding carboxylic acids is 1. The number of benzene rings is 2. The van der Waals surface area contributed by atoms with Gasteiger partial charge in [-0.05, 0) is 54.8 Å². The van der Waals surface area contributed by atoms with E-state index >= 15 is 0 Å². The Bertz CT molecular complexity index is 663. The number of nitrogens with one attached hydrogen (secondary N) is 2. The van der Waals surface area contributed by atoms with Gasteiger partial charge in [-0.25, -0.2) is 4.39 Å². The summed E-state index contributed by atoms with van der Waals surface area (Å²) in [6.45, 7) is 0.810. The molecule has 1 amide bonds.